The summed E-state index contributed by atoms with van der Waals surface area (Å²) in [6.07, 6.45) is 0.0983. The Hall–Kier alpha value is -1.85. The van der Waals surface area contributed by atoms with Gasteiger partial charge < -0.3 is 14.2 Å². The third-order valence-electron chi connectivity index (χ3n) is 2.44. The fourth-order valence-corrected chi connectivity index (χ4v) is 1.48. The maximum absolute atomic E-state index is 11.8. The van der Waals surface area contributed by atoms with Crippen LogP contribution in [0.15, 0.2) is 11.1 Å². The fourth-order valence-electron chi connectivity index (χ4n) is 1.48. The van der Waals surface area contributed by atoms with Crippen molar-refractivity contribution in [2.75, 3.05) is 19.8 Å². The van der Waals surface area contributed by atoms with Crippen molar-refractivity contribution in [1.29, 1.82) is 0 Å². The Morgan fingerprint density at radius 1 is 0.750 bits per heavy atom. The van der Waals surface area contributed by atoms with Crippen molar-refractivity contribution in [1.82, 2.24) is 0 Å². The molecule has 0 heterocycles. The molecule has 0 radical (unpaired) electrons. The van der Waals surface area contributed by atoms with Gasteiger partial charge in [0, 0.05) is 17.6 Å². The molecule has 6 nitrogen and oxygen atoms in total. The smallest absolute Gasteiger partial charge is 0.334 e. The maximum Gasteiger partial charge on any atom is 0.334 e. The summed E-state index contributed by atoms with van der Waals surface area (Å²) in [7, 11) is 0. The number of rotatable bonds is 8. The number of hydrogen-bond acceptors (Lipinski definition) is 6. The molecule has 0 amide bonds. The van der Waals surface area contributed by atoms with E-state index in [9.17, 15) is 14.4 Å². The largest absolute Gasteiger partial charge is 0.466 e. The Bertz CT molecular complexity index is 383. The van der Waals surface area contributed by atoms with Crippen LogP contribution in [0.4, 0.5) is 0 Å². The van der Waals surface area contributed by atoms with E-state index in [2.05, 4.69) is 0 Å². The van der Waals surface area contributed by atoms with Crippen LogP contribution in [0.25, 0.3) is 0 Å². The quantitative estimate of drug-likeness (QED) is 0.384. The highest BCUT2D eigenvalue weighted by atomic mass is 16.5. The van der Waals surface area contributed by atoms with Crippen molar-refractivity contribution in [3.8, 4) is 0 Å². The molecule has 0 aliphatic heterocycles. The van der Waals surface area contributed by atoms with Crippen molar-refractivity contribution in [3.05, 3.63) is 11.1 Å². The molecule has 20 heavy (non-hydrogen) atoms. The van der Waals surface area contributed by atoms with Crippen LogP contribution in [0.1, 0.15) is 40.5 Å². The average Bonchev–Trinajstić information content (AvgIpc) is 2.39. The van der Waals surface area contributed by atoms with Gasteiger partial charge >= 0.3 is 17.9 Å². The number of carbonyl (C=O) groups excluding carboxylic acids is 3. The highest BCUT2D eigenvalue weighted by Crippen LogP contribution is 2.15. The molecule has 0 spiro atoms. The van der Waals surface area contributed by atoms with Crippen molar-refractivity contribution < 1.29 is 28.6 Å². The van der Waals surface area contributed by atoms with Gasteiger partial charge in [0.05, 0.1) is 19.8 Å². The van der Waals surface area contributed by atoms with E-state index >= 15 is 0 Å². The highest BCUT2D eigenvalue weighted by molar-refractivity contribution is 6.00. The first-order valence-corrected chi connectivity index (χ1v) is 6.67. The SMILES string of the molecule is CCOC(=O)CCC(C(=O)OCC)=C(C)C(=O)OCC. The van der Waals surface area contributed by atoms with E-state index < -0.39 is 17.9 Å². The van der Waals surface area contributed by atoms with Crippen LogP contribution >= 0.6 is 0 Å². The lowest BCUT2D eigenvalue weighted by molar-refractivity contribution is -0.144. The number of carbonyl (C=O) groups is 3. The van der Waals surface area contributed by atoms with Crippen LogP contribution in [0.2, 0.25) is 0 Å². The van der Waals surface area contributed by atoms with Gasteiger partial charge in [-0.25, -0.2) is 9.59 Å². The first-order chi connectivity index (χ1) is 9.47. The van der Waals surface area contributed by atoms with E-state index in [0.717, 1.165) is 0 Å². The molecule has 0 fully saturated rings. The van der Waals surface area contributed by atoms with E-state index in [0.29, 0.717) is 0 Å². The minimum atomic E-state index is -0.609. The summed E-state index contributed by atoms with van der Waals surface area (Å²) < 4.78 is 14.5. The molecule has 0 N–H and O–H groups in total. The fraction of sp³-hybridized carbons (Fsp3) is 0.643. The first-order valence-electron chi connectivity index (χ1n) is 6.67. The number of hydrogen-bond donors (Lipinski definition) is 0. The van der Waals surface area contributed by atoms with E-state index in [1.807, 2.05) is 0 Å². The second-order valence-electron chi connectivity index (χ2n) is 3.85. The summed E-state index contributed by atoms with van der Waals surface area (Å²) in [6.45, 7) is 7.20. The third kappa shape index (κ3) is 6.36. The zero-order valence-electron chi connectivity index (χ0n) is 12.5. The molecular weight excluding hydrogens is 264 g/mol. The zero-order chi connectivity index (χ0) is 15.5. The topological polar surface area (TPSA) is 78.9 Å². The summed E-state index contributed by atoms with van der Waals surface area (Å²) in [5, 5.41) is 0. The van der Waals surface area contributed by atoms with Gasteiger partial charge in [-0.3, -0.25) is 4.79 Å². The Balaban J connectivity index is 4.98. The minimum absolute atomic E-state index is 0.0126. The van der Waals surface area contributed by atoms with Crippen LogP contribution in [0.5, 0.6) is 0 Å². The predicted molar refractivity (Wildman–Crippen MR) is 71.8 cm³/mol. The summed E-state index contributed by atoms with van der Waals surface area (Å²) in [5.74, 6) is -1.62. The predicted octanol–water partition coefficient (Wildman–Crippen LogP) is 1.77. The minimum Gasteiger partial charge on any atom is -0.466 e. The van der Waals surface area contributed by atoms with Crippen LogP contribution < -0.4 is 0 Å². The summed E-state index contributed by atoms with van der Waals surface area (Å²) in [4.78, 5) is 34.8. The highest BCUT2D eigenvalue weighted by Gasteiger charge is 2.20. The third-order valence-corrected chi connectivity index (χ3v) is 2.44. The average molecular weight is 286 g/mol. The van der Waals surface area contributed by atoms with Gasteiger partial charge in [0.25, 0.3) is 0 Å². The summed E-state index contributed by atoms with van der Waals surface area (Å²) >= 11 is 0. The van der Waals surface area contributed by atoms with Gasteiger partial charge in [-0.2, -0.15) is 0 Å². The van der Waals surface area contributed by atoms with E-state index in [4.69, 9.17) is 14.2 Å². The molecule has 6 heteroatoms. The Kier molecular flexibility index (Phi) is 9.07. The van der Waals surface area contributed by atoms with Crippen LogP contribution in [0.3, 0.4) is 0 Å². The lowest BCUT2D eigenvalue weighted by Crippen LogP contribution is -2.16. The van der Waals surface area contributed by atoms with E-state index in [1.54, 1.807) is 20.8 Å². The summed E-state index contributed by atoms with van der Waals surface area (Å²) in [5.41, 5.74) is 0.313. The van der Waals surface area contributed by atoms with Crippen molar-refractivity contribution in [3.63, 3.8) is 0 Å². The monoisotopic (exact) mass is 286 g/mol. The van der Waals surface area contributed by atoms with Crippen LogP contribution in [-0.2, 0) is 28.6 Å². The van der Waals surface area contributed by atoms with E-state index in [1.165, 1.54) is 6.92 Å². The van der Waals surface area contributed by atoms with Gasteiger partial charge in [-0.15, -0.1) is 0 Å². The Labute approximate surface area is 119 Å². The zero-order valence-corrected chi connectivity index (χ0v) is 12.5. The second kappa shape index (κ2) is 10.00. The lowest BCUT2D eigenvalue weighted by atomic mass is 10.0. The van der Waals surface area contributed by atoms with E-state index in [-0.39, 0.29) is 43.8 Å². The molecule has 114 valence electrons. The van der Waals surface area contributed by atoms with Crippen molar-refractivity contribution >= 4 is 17.9 Å². The molecule has 0 atom stereocenters. The number of esters is 3. The molecule has 0 aliphatic rings. The Morgan fingerprint density at radius 2 is 1.25 bits per heavy atom. The molecule has 0 saturated carbocycles. The standard InChI is InChI=1S/C14H22O6/c1-5-18-12(15)9-8-11(14(17)20-7-3)10(4)13(16)19-6-2/h5-9H2,1-4H3. The normalized spacial score (nSPS) is 11.4. The van der Waals surface area contributed by atoms with Gasteiger partial charge in [0.2, 0.25) is 0 Å². The molecule has 0 saturated heterocycles. The molecule has 0 aliphatic carbocycles. The van der Waals surface area contributed by atoms with Crippen molar-refractivity contribution in [2.45, 2.75) is 40.5 Å². The summed E-state index contributed by atoms with van der Waals surface area (Å²) in [6, 6.07) is 0. The lowest BCUT2D eigenvalue weighted by Gasteiger charge is -2.10. The molecule has 0 bridgehead atoms. The van der Waals surface area contributed by atoms with Gasteiger partial charge in [-0.1, -0.05) is 0 Å². The second-order valence-corrected chi connectivity index (χ2v) is 3.85. The van der Waals surface area contributed by atoms with Gasteiger partial charge in [0.1, 0.15) is 0 Å². The molecule has 0 aromatic carbocycles. The van der Waals surface area contributed by atoms with Crippen molar-refractivity contribution in [2.24, 2.45) is 0 Å². The molecule has 0 unspecified atom stereocenters. The molecule has 0 aromatic heterocycles. The van der Waals surface area contributed by atoms with Crippen LogP contribution in [-0.4, -0.2) is 37.7 Å². The number of ether oxygens (including phenoxy) is 3. The molecule has 0 aromatic rings. The first kappa shape index (κ1) is 18.1. The van der Waals surface area contributed by atoms with Gasteiger partial charge in [0.15, 0.2) is 0 Å². The van der Waals surface area contributed by atoms with Crippen LogP contribution in [0, 0.1) is 0 Å². The molecule has 0 rings (SSSR count). The molecular formula is C14H22O6. The maximum atomic E-state index is 11.8. The van der Waals surface area contributed by atoms with Gasteiger partial charge in [-0.05, 0) is 34.1 Å². The Morgan fingerprint density at radius 3 is 1.75 bits per heavy atom.